The molecule has 0 saturated heterocycles. The molecule has 0 aliphatic rings. The molecule has 1 rings (SSSR count). The fourth-order valence-electron chi connectivity index (χ4n) is 1.54. The molecular formula is C13H21NO. The standard InChI is InChI=1S/C13H21NO/c1-3-12(10-15)9-14-11(2)13-7-5-4-6-8-13/h4-8,11-12,14-15H,3,9-10H2,1-2H3. The zero-order valence-corrected chi connectivity index (χ0v) is 9.61. The Labute approximate surface area is 92.3 Å². The SMILES string of the molecule is CCC(CO)CNC(C)c1ccccc1. The van der Waals surface area contributed by atoms with Crippen molar-refractivity contribution in [2.75, 3.05) is 13.2 Å². The number of hydrogen-bond donors (Lipinski definition) is 2. The van der Waals surface area contributed by atoms with Crippen molar-refractivity contribution in [3.8, 4) is 0 Å². The fourth-order valence-corrected chi connectivity index (χ4v) is 1.54. The van der Waals surface area contributed by atoms with Gasteiger partial charge < -0.3 is 10.4 Å². The molecule has 0 heterocycles. The Morgan fingerprint density at radius 2 is 1.93 bits per heavy atom. The summed E-state index contributed by atoms with van der Waals surface area (Å²) in [5.41, 5.74) is 1.30. The Morgan fingerprint density at radius 3 is 2.47 bits per heavy atom. The van der Waals surface area contributed by atoms with E-state index in [1.54, 1.807) is 0 Å². The second kappa shape index (κ2) is 6.59. The van der Waals surface area contributed by atoms with Crippen LogP contribution >= 0.6 is 0 Å². The molecule has 2 nitrogen and oxygen atoms in total. The van der Waals surface area contributed by atoms with E-state index in [0.29, 0.717) is 12.0 Å². The van der Waals surface area contributed by atoms with E-state index in [9.17, 15) is 0 Å². The first-order valence-corrected chi connectivity index (χ1v) is 5.67. The third-order valence-corrected chi connectivity index (χ3v) is 2.85. The second-order valence-electron chi connectivity index (χ2n) is 4.00. The molecule has 0 saturated carbocycles. The van der Waals surface area contributed by atoms with Crippen molar-refractivity contribution < 1.29 is 5.11 Å². The van der Waals surface area contributed by atoms with E-state index in [1.165, 1.54) is 5.56 Å². The molecule has 1 aromatic rings. The van der Waals surface area contributed by atoms with Gasteiger partial charge in [0, 0.05) is 19.2 Å². The lowest BCUT2D eigenvalue weighted by molar-refractivity contribution is 0.216. The summed E-state index contributed by atoms with van der Waals surface area (Å²) in [6.45, 7) is 5.41. The van der Waals surface area contributed by atoms with Crippen LogP contribution < -0.4 is 5.32 Å². The molecule has 0 radical (unpaired) electrons. The normalized spacial score (nSPS) is 14.9. The van der Waals surface area contributed by atoms with E-state index >= 15 is 0 Å². The van der Waals surface area contributed by atoms with Gasteiger partial charge in [0.1, 0.15) is 0 Å². The van der Waals surface area contributed by atoms with Gasteiger partial charge in [-0.3, -0.25) is 0 Å². The Kier molecular flexibility index (Phi) is 5.37. The van der Waals surface area contributed by atoms with Crippen LogP contribution in [0.25, 0.3) is 0 Å². The number of nitrogens with one attached hydrogen (secondary N) is 1. The Hall–Kier alpha value is -0.860. The summed E-state index contributed by atoms with van der Waals surface area (Å²) in [5, 5.41) is 12.5. The van der Waals surface area contributed by atoms with Gasteiger partial charge in [0.25, 0.3) is 0 Å². The topological polar surface area (TPSA) is 32.3 Å². The van der Waals surface area contributed by atoms with Crippen LogP contribution in [0.4, 0.5) is 0 Å². The van der Waals surface area contributed by atoms with Crippen molar-refractivity contribution in [2.24, 2.45) is 5.92 Å². The van der Waals surface area contributed by atoms with E-state index in [0.717, 1.165) is 13.0 Å². The van der Waals surface area contributed by atoms with E-state index in [2.05, 4.69) is 43.4 Å². The van der Waals surface area contributed by atoms with Crippen molar-refractivity contribution in [2.45, 2.75) is 26.3 Å². The third-order valence-electron chi connectivity index (χ3n) is 2.85. The Bertz CT molecular complexity index is 256. The van der Waals surface area contributed by atoms with Gasteiger partial charge in [0.2, 0.25) is 0 Å². The summed E-state index contributed by atoms with van der Waals surface area (Å²) in [5.74, 6) is 0.371. The maximum absolute atomic E-state index is 9.07. The van der Waals surface area contributed by atoms with Crippen LogP contribution in [0.5, 0.6) is 0 Å². The molecule has 0 aliphatic carbocycles. The molecule has 0 amide bonds. The minimum absolute atomic E-state index is 0.269. The molecule has 2 unspecified atom stereocenters. The zero-order chi connectivity index (χ0) is 11.1. The lowest BCUT2D eigenvalue weighted by Crippen LogP contribution is -2.27. The highest BCUT2D eigenvalue weighted by atomic mass is 16.3. The summed E-state index contributed by atoms with van der Waals surface area (Å²) in [7, 11) is 0. The summed E-state index contributed by atoms with van der Waals surface area (Å²) >= 11 is 0. The third kappa shape index (κ3) is 4.02. The number of aliphatic hydroxyl groups excluding tert-OH is 1. The number of hydrogen-bond acceptors (Lipinski definition) is 2. The smallest absolute Gasteiger partial charge is 0.0471 e. The van der Waals surface area contributed by atoms with Gasteiger partial charge in [-0.2, -0.15) is 0 Å². The van der Waals surface area contributed by atoms with Gasteiger partial charge >= 0.3 is 0 Å². The molecule has 2 atom stereocenters. The van der Waals surface area contributed by atoms with Crippen molar-refractivity contribution >= 4 is 0 Å². The summed E-state index contributed by atoms with van der Waals surface area (Å²) in [4.78, 5) is 0. The lowest BCUT2D eigenvalue weighted by atomic mass is 10.1. The summed E-state index contributed by atoms with van der Waals surface area (Å²) in [6, 6.07) is 10.7. The maximum Gasteiger partial charge on any atom is 0.0471 e. The highest BCUT2D eigenvalue weighted by Crippen LogP contribution is 2.11. The van der Waals surface area contributed by atoms with E-state index in [4.69, 9.17) is 5.11 Å². The van der Waals surface area contributed by atoms with Crippen LogP contribution in [0.1, 0.15) is 31.9 Å². The second-order valence-corrected chi connectivity index (χ2v) is 4.00. The summed E-state index contributed by atoms with van der Waals surface area (Å²) < 4.78 is 0. The molecule has 0 fully saturated rings. The minimum Gasteiger partial charge on any atom is -0.396 e. The average Bonchev–Trinajstić information content (AvgIpc) is 2.31. The average molecular weight is 207 g/mol. The number of benzene rings is 1. The molecule has 84 valence electrons. The van der Waals surface area contributed by atoms with Gasteiger partial charge in [0.05, 0.1) is 0 Å². The zero-order valence-electron chi connectivity index (χ0n) is 9.61. The molecule has 15 heavy (non-hydrogen) atoms. The molecule has 0 spiro atoms. The summed E-state index contributed by atoms with van der Waals surface area (Å²) in [6.07, 6.45) is 1.02. The van der Waals surface area contributed by atoms with Gasteiger partial charge in [-0.25, -0.2) is 0 Å². The first-order chi connectivity index (χ1) is 7.27. The fraction of sp³-hybridized carbons (Fsp3) is 0.538. The first kappa shape index (κ1) is 12.2. The van der Waals surface area contributed by atoms with Crippen LogP contribution in [0.15, 0.2) is 30.3 Å². The largest absolute Gasteiger partial charge is 0.396 e. The quantitative estimate of drug-likeness (QED) is 0.750. The van der Waals surface area contributed by atoms with Crippen molar-refractivity contribution in [3.05, 3.63) is 35.9 Å². The Morgan fingerprint density at radius 1 is 1.27 bits per heavy atom. The van der Waals surface area contributed by atoms with E-state index < -0.39 is 0 Å². The monoisotopic (exact) mass is 207 g/mol. The molecular weight excluding hydrogens is 186 g/mol. The van der Waals surface area contributed by atoms with Crippen LogP contribution in [0, 0.1) is 5.92 Å². The van der Waals surface area contributed by atoms with Crippen LogP contribution in [0.3, 0.4) is 0 Å². The van der Waals surface area contributed by atoms with Gasteiger partial charge in [0.15, 0.2) is 0 Å². The Balaban J connectivity index is 2.39. The lowest BCUT2D eigenvalue weighted by Gasteiger charge is -2.18. The van der Waals surface area contributed by atoms with Crippen LogP contribution in [0.2, 0.25) is 0 Å². The highest BCUT2D eigenvalue weighted by Gasteiger charge is 2.08. The predicted octanol–water partition coefficient (Wildman–Crippen LogP) is 2.36. The molecule has 2 heteroatoms. The van der Waals surface area contributed by atoms with E-state index in [1.807, 2.05) is 6.07 Å². The van der Waals surface area contributed by atoms with Crippen LogP contribution in [-0.2, 0) is 0 Å². The maximum atomic E-state index is 9.07. The molecule has 0 aromatic heterocycles. The minimum atomic E-state index is 0.269. The van der Waals surface area contributed by atoms with Crippen LogP contribution in [-0.4, -0.2) is 18.3 Å². The molecule has 0 aliphatic heterocycles. The van der Waals surface area contributed by atoms with Gasteiger partial charge in [-0.15, -0.1) is 0 Å². The van der Waals surface area contributed by atoms with E-state index in [-0.39, 0.29) is 6.61 Å². The van der Waals surface area contributed by atoms with Crippen molar-refractivity contribution in [3.63, 3.8) is 0 Å². The van der Waals surface area contributed by atoms with Crippen molar-refractivity contribution in [1.29, 1.82) is 0 Å². The predicted molar refractivity (Wildman–Crippen MR) is 63.7 cm³/mol. The van der Waals surface area contributed by atoms with Crippen molar-refractivity contribution in [1.82, 2.24) is 5.32 Å². The molecule has 0 bridgehead atoms. The first-order valence-electron chi connectivity index (χ1n) is 5.67. The van der Waals surface area contributed by atoms with Gasteiger partial charge in [-0.1, -0.05) is 37.3 Å². The molecule has 2 N–H and O–H groups in total. The molecule has 1 aromatic carbocycles. The highest BCUT2D eigenvalue weighted by molar-refractivity contribution is 5.17. The number of aliphatic hydroxyl groups is 1. The van der Waals surface area contributed by atoms with Gasteiger partial charge in [-0.05, 0) is 24.8 Å². The number of rotatable bonds is 6.